The number of halogens is 1. The number of aromatic nitrogens is 3. The van der Waals surface area contributed by atoms with Gasteiger partial charge in [-0.25, -0.2) is 18.2 Å². The fraction of sp³-hybridized carbons (Fsp3) is 0.375. The first-order valence-corrected chi connectivity index (χ1v) is 9.63. The van der Waals surface area contributed by atoms with Crippen molar-refractivity contribution in [1.82, 2.24) is 23.7 Å². The van der Waals surface area contributed by atoms with Gasteiger partial charge >= 0.3 is 5.76 Å². The molecule has 2 aromatic heterocycles. The van der Waals surface area contributed by atoms with Crippen LogP contribution < -0.4 is 11.1 Å². The van der Waals surface area contributed by atoms with Crippen molar-refractivity contribution < 1.29 is 12.8 Å². The van der Waals surface area contributed by atoms with Crippen molar-refractivity contribution in [3.05, 3.63) is 47.0 Å². The molecule has 1 aliphatic rings. The first kappa shape index (κ1) is 19.6. The third kappa shape index (κ3) is 3.18. The summed E-state index contributed by atoms with van der Waals surface area (Å²) in [5, 5.41) is 3.22. The molecule has 1 N–H and O–H groups in total. The summed E-state index contributed by atoms with van der Waals surface area (Å²) in [4.78, 5) is 16.1. The zero-order chi connectivity index (χ0) is 18.5. The van der Waals surface area contributed by atoms with E-state index in [1.165, 1.54) is 21.0 Å². The molecule has 9 nitrogen and oxygen atoms in total. The second-order valence-corrected chi connectivity index (χ2v) is 8.18. The number of fused-ring (bicyclic) bond motifs is 1. The van der Waals surface area contributed by atoms with Gasteiger partial charge in [-0.3, -0.25) is 4.57 Å². The van der Waals surface area contributed by atoms with Gasteiger partial charge in [0.2, 0.25) is 10.0 Å². The van der Waals surface area contributed by atoms with Crippen LogP contribution in [-0.4, -0.2) is 46.5 Å². The SMILES string of the molecule is Cl.Cn1ccnc1C1CNCCN1S(=O)(=O)c1ccc2c(c1)oc(=O)n2C. The third-order valence-electron chi connectivity index (χ3n) is 4.72. The lowest BCUT2D eigenvalue weighted by molar-refractivity contribution is 0.258. The summed E-state index contributed by atoms with van der Waals surface area (Å²) in [5.41, 5.74) is 0.803. The Labute approximate surface area is 162 Å². The summed E-state index contributed by atoms with van der Waals surface area (Å²) in [5.74, 6) is 0.149. The molecule has 0 spiro atoms. The van der Waals surface area contributed by atoms with Crippen LogP contribution in [0, 0.1) is 0 Å². The van der Waals surface area contributed by atoms with Gasteiger partial charge in [0.05, 0.1) is 16.5 Å². The summed E-state index contributed by atoms with van der Waals surface area (Å²) in [7, 11) is -0.362. The Morgan fingerprint density at radius 1 is 1.30 bits per heavy atom. The highest BCUT2D eigenvalue weighted by molar-refractivity contribution is 7.89. The number of oxazole rings is 1. The van der Waals surface area contributed by atoms with Crippen molar-refractivity contribution in [2.75, 3.05) is 19.6 Å². The first-order chi connectivity index (χ1) is 12.4. The number of rotatable bonds is 3. The fourth-order valence-electron chi connectivity index (χ4n) is 3.30. The number of nitrogens with zero attached hydrogens (tertiary/aromatic N) is 4. The largest absolute Gasteiger partial charge is 0.419 e. The lowest BCUT2D eigenvalue weighted by Gasteiger charge is -2.34. The Morgan fingerprint density at radius 3 is 2.78 bits per heavy atom. The highest BCUT2D eigenvalue weighted by Crippen LogP contribution is 2.29. The molecule has 3 aromatic rings. The summed E-state index contributed by atoms with van der Waals surface area (Å²) >= 11 is 0. The molecule has 0 bridgehead atoms. The molecule has 1 saturated heterocycles. The predicted octanol–water partition coefficient (Wildman–Crippen LogP) is 0.622. The number of nitrogens with one attached hydrogen (secondary N) is 1. The van der Waals surface area contributed by atoms with Gasteiger partial charge in [-0.05, 0) is 12.1 Å². The van der Waals surface area contributed by atoms with Crippen molar-refractivity contribution in [3.8, 4) is 0 Å². The van der Waals surface area contributed by atoms with Crippen molar-refractivity contribution in [2.45, 2.75) is 10.9 Å². The van der Waals surface area contributed by atoms with Gasteiger partial charge in [-0.15, -0.1) is 12.4 Å². The molecule has 1 aliphatic heterocycles. The molecule has 0 radical (unpaired) electrons. The summed E-state index contributed by atoms with van der Waals surface area (Å²) in [6.45, 7) is 1.37. The van der Waals surface area contributed by atoms with E-state index in [4.69, 9.17) is 4.42 Å². The maximum absolute atomic E-state index is 13.3. The molecule has 4 rings (SSSR count). The molecule has 0 aliphatic carbocycles. The number of hydrogen-bond acceptors (Lipinski definition) is 6. The van der Waals surface area contributed by atoms with Crippen LogP contribution in [0.25, 0.3) is 11.1 Å². The quantitative estimate of drug-likeness (QED) is 0.675. The zero-order valence-corrected chi connectivity index (χ0v) is 16.5. The van der Waals surface area contributed by atoms with E-state index in [0.29, 0.717) is 31.0 Å². The maximum Gasteiger partial charge on any atom is 0.419 e. The normalized spacial score (nSPS) is 18.5. The van der Waals surface area contributed by atoms with E-state index in [9.17, 15) is 13.2 Å². The number of imidazole rings is 1. The Morgan fingerprint density at radius 2 is 2.07 bits per heavy atom. The first-order valence-electron chi connectivity index (χ1n) is 8.19. The van der Waals surface area contributed by atoms with E-state index >= 15 is 0 Å². The molecule has 1 atom stereocenters. The highest BCUT2D eigenvalue weighted by atomic mass is 35.5. The van der Waals surface area contributed by atoms with Crippen molar-refractivity contribution in [1.29, 1.82) is 0 Å². The lowest BCUT2D eigenvalue weighted by Crippen LogP contribution is -2.49. The van der Waals surface area contributed by atoms with Gasteiger partial charge in [0.25, 0.3) is 0 Å². The standard InChI is InChI=1S/C16H19N5O4S.ClH/c1-19-7-6-18-15(19)13-10-17-5-8-21(13)26(23,24)11-3-4-12-14(9-11)25-16(22)20(12)2;/h3-4,6-7,9,13,17H,5,8,10H2,1-2H3;1H. The van der Waals surface area contributed by atoms with Crippen molar-refractivity contribution in [2.24, 2.45) is 14.1 Å². The minimum Gasteiger partial charge on any atom is -0.408 e. The van der Waals surface area contributed by atoms with Crippen LogP contribution in [0.4, 0.5) is 0 Å². The van der Waals surface area contributed by atoms with E-state index in [-0.39, 0.29) is 22.9 Å². The topological polar surface area (TPSA) is 102 Å². The minimum atomic E-state index is -3.78. The summed E-state index contributed by atoms with van der Waals surface area (Å²) < 4.78 is 36.3. The van der Waals surface area contributed by atoms with E-state index in [1.54, 1.807) is 25.5 Å². The molecule has 0 amide bonds. The Bertz CT molecular complexity index is 1130. The molecule has 11 heteroatoms. The van der Waals surface area contributed by atoms with Gasteiger partial charge in [0.1, 0.15) is 5.82 Å². The van der Waals surface area contributed by atoms with Crippen LogP contribution in [0.1, 0.15) is 11.9 Å². The average molecular weight is 414 g/mol. The molecule has 3 heterocycles. The molecule has 1 unspecified atom stereocenters. The van der Waals surface area contributed by atoms with Gasteiger partial charge in [0.15, 0.2) is 5.58 Å². The maximum atomic E-state index is 13.3. The predicted molar refractivity (Wildman–Crippen MR) is 101 cm³/mol. The number of aryl methyl sites for hydroxylation is 2. The van der Waals surface area contributed by atoms with Gasteiger partial charge in [-0.1, -0.05) is 0 Å². The van der Waals surface area contributed by atoms with Crippen molar-refractivity contribution >= 4 is 33.5 Å². The van der Waals surface area contributed by atoms with E-state index in [1.807, 2.05) is 11.6 Å². The highest BCUT2D eigenvalue weighted by Gasteiger charge is 2.36. The van der Waals surface area contributed by atoms with Crippen LogP contribution in [0.5, 0.6) is 0 Å². The number of hydrogen-bond donors (Lipinski definition) is 1. The second kappa shape index (κ2) is 7.12. The molecule has 27 heavy (non-hydrogen) atoms. The summed E-state index contributed by atoms with van der Waals surface area (Å²) in [6, 6.07) is 4.09. The van der Waals surface area contributed by atoms with Gasteiger partial charge in [-0.2, -0.15) is 4.31 Å². The Kier molecular flexibility index (Phi) is 5.17. The number of benzene rings is 1. The van der Waals surface area contributed by atoms with Crippen molar-refractivity contribution in [3.63, 3.8) is 0 Å². The van der Waals surface area contributed by atoms with Crippen LogP contribution in [-0.2, 0) is 24.1 Å². The molecule has 0 saturated carbocycles. The average Bonchev–Trinajstić information content (AvgIpc) is 3.18. The number of sulfonamides is 1. The van der Waals surface area contributed by atoms with Crippen LogP contribution in [0.15, 0.2) is 44.7 Å². The second-order valence-electron chi connectivity index (χ2n) is 6.29. The molecule has 146 valence electrons. The lowest BCUT2D eigenvalue weighted by atomic mass is 10.2. The van der Waals surface area contributed by atoms with E-state index < -0.39 is 21.8 Å². The monoisotopic (exact) mass is 413 g/mol. The Balaban J connectivity index is 0.00000210. The molecular formula is C16H20ClN5O4S. The Hall–Kier alpha value is -2.14. The molecule has 1 fully saturated rings. The summed E-state index contributed by atoms with van der Waals surface area (Å²) in [6.07, 6.45) is 3.44. The molecular weight excluding hydrogens is 394 g/mol. The van der Waals surface area contributed by atoms with Gasteiger partial charge < -0.3 is 14.3 Å². The number of piperazine rings is 1. The van der Waals surface area contributed by atoms with E-state index in [2.05, 4.69) is 10.3 Å². The van der Waals surface area contributed by atoms with Crippen LogP contribution >= 0.6 is 12.4 Å². The van der Waals surface area contributed by atoms with Gasteiger partial charge in [0, 0.05) is 52.2 Å². The van der Waals surface area contributed by atoms with E-state index in [0.717, 1.165) is 0 Å². The van der Waals surface area contributed by atoms with Crippen LogP contribution in [0.3, 0.4) is 0 Å². The van der Waals surface area contributed by atoms with Crippen LogP contribution in [0.2, 0.25) is 0 Å². The minimum absolute atomic E-state index is 0. The zero-order valence-electron chi connectivity index (χ0n) is 14.8. The smallest absolute Gasteiger partial charge is 0.408 e. The fourth-order valence-corrected chi connectivity index (χ4v) is 4.90. The molecule has 1 aromatic carbocycles. The third-order valence-corrected chi connectivity index (χ3v) is 6.63.